The van der Waals surface area contributed by atoms with Gasteiger partial charge >= 0.3 is 0 Å². The smallest absolute Gasteiger partial charge is 0.234 e. The quantitative estimate of drug-likeness (QED) is 0.0685. The van der Waals surface area contributed by atoms with E-state index in [0.717, 1.165) is 6.54 Å². The second-order valence-corrected chi connectivity index (χ2v) is 12.9. The predicted octanol–water partition coefficient (Wildman–Crippen LogP) is 12.0. The molecule has 0 radical (unpaired) electrons. The van der Waals surface area contributed by atoms with Crippen molar-refractivity contribution < 1.29 is 4.57 Å². The van der Waals surface area contributed by atoms with Crippen LogP contribution in [-0.4, -0.2) is 4.57 Å². The van der Waals surface area contributed by atoms with E-state index >= 15 is 0 Å². The lowest BCUT2D eigenvalue weighted by Crippen LogP contribution is -2.37. The molecule has 2 nitrogen and oxygen atoms in total. The minimum Gasteiger partial charge on any atom is -0.234 e. The zero-order valence-electron chi connectivity index (χ0n) is 27.7. The molecule has 0 saturated heterocycles. The van der Waals surface area contributed by atoms with Gasteiger partial charge in [0, 0.05) is 6.42 Å². The van der Waals surface area contributed by atoms with E-state index in [-0.39, 0.29) is 0 Å². The number of rotatable bonds is 29. The van der Waals surface area contributed by atoms with Gasteiger partial charge in [0.25, 0.3) is 5.82 Å². The van der Waals surface area contributed by atoms with Crippen LogP contribution in [-0.2, 0) is 25.9 Å². The summed E-state index contributed by atoms with van der Waals surface area (Å²) in [5, 5.41) is 0. The van der Waals surface area contributed by atoms with E-state index < -0.39 is 0 Å². The SMILES string of the molecule is CCCCCCCCCCCCCCCn1cc[n+](CCCc2ccccc2)c1CCCCCCCCCCCC. The van der Waals surface area contributed by atoms with Crippen LogP contribution in [0.2, 0.25) is 0 Å². The van der Waals surface area contributed by atoms with Gasteiger partial charge in [-0.05, 0) is 37.7 Å². The normalized spacial score (nSPS) is 11.5. The summed E-state index contributed by atoms with van der Waals surface area (Å²) >= 11 is 0. The molecule has 0 spiro atoms. The van der Waals surface area contributed by atoms with Crippen LogP contribution < -0.4 is 4.57 Å². The van der Waals surface area contributed by atoms with Gasteiger partial charge < -0.3 is 0 Å². The molecule has 1 heterocycles. The van der Waals surface area contributed by atoms with Crippen LogP contribution in [0.5, 0.6) is 0 Å². The maximum atomic E-state index is 2.61. The van der Waals surface area contributed by atoms with Crippen LogP contribution >= 0.6 is 0 Å². The van der Waals surface area contributed by atoms with Crippen LogP contribution in [0.3, 0.4) is 0 Å². The van der Waals surface area contributed by atoms with E-state index in [4.69, 9.17) is 0 Å². The van der Waals surface area contributed by atoms with Gasteiger partial charge in [0.15, 0.2) is 0 Å². The molecule has 0 bridgehead atoms. The highest BCUT2D eigenvalue weighted by molar-refractivity contribution is 5.14. The average molecular weight is 566 g/mol. The fourth-order valence-electron chi connectivity index (χ4n) is 6.36. The molecule has 0 atom stereocenters. The lowest BCUT2D eigenvalue weighted by Gasteiger charge is -2.07. The Kier molecular flexibility index (Phi) is 22.7. The van der Waals surface area contributed by atoms with Crippen molar-refractivity contribution in [3.8, 4) is 0 Å². The topological polar surface area (TPSA) is 8.81 Å². The molecule has 0 amide bonds. The minimum absolute atomic E-state index is 1.15. The summed E-state index contributed by atoms with van der Waals surface area (Å²) in [6, 6.07) is 11.0. The molecule has 0 aliphatic heterocycles. The minimum atomic E-state index is 1.15. The number of aromatic nitrogens is 2. The van der Waals surface area contributed by atoms with Gasteiger partial charge in [0.05, 0.1) is 13.1 Å². The largest absolute Gasteiger partial charge is 0.256 e. The van der Waals surface area contributed by atoms with Gasteiger partial charge in [-0.3, -0.25) is 0 Å². The molecule has 2 heteroatoms. The summed E-state index contributed by atoms with van der Waals surface area (Å²) in [7, 11) is 0. The Labute approximate surface area is 256 Å². The van der Waals surface area contributed by atoms with E-state index in [2.05, 4.69) is 65.7 Å². The maximum Gasteiger partial charge on any atom is 0.256 e. The zero-order valence-corrected chi connectivity index (χ0v) is 27.7. The van der Waals surface area contributed by atoms with Gasteiger partial charge in [-0.25, -0.2) is 9.13 Å². The number of benzene rings is 1. The first-order valence-electron chi connectivity index (χ1n) is 18.5. The van der Waals surface area contributed by atoms with Crippen molar-refractivity contribution in [2.45, 2.75) is 194 Å². The lowest BCUT2D eigenvalue weighted by atomic mass is 10.0. The summed E-state index contributed by atoms with van der Waals surface area (Å²) in [6.45, 7) is 6.97. The van der Waals surface area contributed by atoms with E-state index in [1.807, 2.05) is 0 Å². The van der Waals surface area contributed by atoms with Crippen LogP contribution in [0.25, 0.3) is 0 Å². The number of unbranched alkanes of at least 4 members (excludes halogenated alkanes) is 21. The van der Waals surface area contributed by atoms with Gasteiger partial charge in [0.2, 0.25) is 0 Å². The van der Waals surface area contributed by atoms with Gasteiger partial charge in [-0.2, -0.15) is 0 Å². The van der Waals surface area contributed by atoms with Gasteiger partial charge in [0.1, 0.15) is 12.4 Å². The van der Waals surface area contributed by atoms with Crippen molar-refractivity contribution in [1.29, 1.82) is 0 Å². The third-order valence-corrected chi connectivity index (χ3v) is 9.05. The molecular weight excluding hydrogens is 496 g/mol. The summed E-state index contributed by atoms with van der Waals surface area (Å²) in [5.74, 6) is 1.58. The zero-order chi connectivity index (χ0) is 29.1. The molecule has 0 unspecified atom stereocenters. The van der Waals surface area contributed by atoms with E-state index in [0.29, 0.717) is 0 Å². The molecule has 0 fully saturated rings. The summed E-state index contributed by atoms with van der Waals surface area (Å²) < 4.78 is 5.19. The highest BCUT2D eigenvalue weighted by Crippen LogP contribution is 2.15. The van der Waals surface area contributed by atoms with Gasteiger partial charge in [-0.1, -0.05) is 173 Å². The second-order valence-electron chi connectivity index (χ2n) is 12.9. The molecule has 1 aromatic heterocycles. The third kappa shape index (κ3) is 18.6. The molecule has 234 valence electrons. The van der Waals surface area contributed by atoms with Gasteiger partial charge in [-0.15, -0.1) is 0 Å². The van der Waals surface area contributed by atoms with Crippen molar-refractivity contribution >= 4 is 0 Å². The van der Waals surface area contributed by atoms with E-state index in [9.17, 15) is 0 Å². The van der Waals surface area contributed by atoms with Crippen molar-refractivity contribution in [3.63, 3.8) is 0 Å². The number of aryl methyl sites for hydroxylation is 3. The van der Waals surface area contributed by atoms with Crippen LogP contribution in [0.1, 0.15) is 179 Å². The first kappa shape index (κ1) is 35.6. The fourth-order valence-corrected chi connectivity index (χ4v) is 6.36. The summed E-state index contributed by atoms with van der Waals surface area (Å²) in [5.41, 5.74) is 1.47. The Bertz CT molecular complexity index is 808. The molecule has 2 rings (SSSR count). The number of hydrogen-bond acceptors (Lipinski definition) is 0. The number of imidazole rings is 1. The first-order chi connectivity index (χ1) is 20.3. The lowest BCUT2D eigenvalue weighted by molar-refractivity contribution is -0.704. The van der Waals surface area contributed by atoms with Crippen molar-refractivity contribution in [2.24, 2.45) is 0 Å². The standard InChI is InChI=1S/C39H69N2/c1-3-5-7-9-11-13-15-16-17-19-21-23-28-34-40-36-37-41(35-29-32-38-30-25-24-26-31-38)39(40)33-27-22-20-18-14-12-10-8-6-4-2/h24-26,30-31,36-37H,3-23,27-29,32-35H2,1-2H3/q+1. The van der Waals surface area contributed by atoms with Crippen LogP contribution in [0, 0.1) is 0 Å². The molecule has 1 aromatic carbocycles. The van der Waals surface area contributed by atoms with Crippen molar-refractivity contribution in [1.82, 2.24) is 4.57 Å². The first-order valence-corrected chi connectivity index (χ1v) is 18.5. The highest BCUT2D eigenvalue weighted by Gasteiger charge is 2.16. The summed E-state index contributed by atoms with van der Waals surface area (Å²) in [4.78, 5) is 0. The van der Waals surface area contributed by atoms with E-state index in [1.54, 1.807) is 5.82 Å². The maximum absolute atomic E-state index is 2.61. The molecule has 0 aliphatic carbocycles. The Balaban J connectivity index is 1.65. The predicted molar refractivity (Wildman–Crippen MR) is 181 cm³/mol. The Morgan fingerprint density at radius 3 is 1.46 bits per heavy atom. The molecule has 0 aliphatic rings. The Morgan fingerprint density at radius 1 is 0.488 bits per heavy atom. The van der Waals surface area contributed by atoms with Crippen LogP contribution in [0.4, 0.5) is 0 Å². The Morgan fingerprint density at radius 2 is 0.951 bits per heavy atom. The Hall–Kier alpha value is -1.57. The van der Waals surface area contributed by atoms with Crippen molar-refractivity contribution in [3.05, 3.63) is 54.1 Å². The highest BCUT2D eigenvalue weighted by atomic mass is 15.1. The third-order valence-electron chi connectivity index (χ3n) is 9.05. The molecule has 41 heavy (non-hydrogen) atoms. The monoisotopic (exact) mass is 566 g/mol. The molecule has 2 aromatic rings. The van der Waals surface area contributed by atoms with Crippen molar-refractivity contribution in [2.75, 3.05) is 0 Å². The fraction of sp³-hybridized carbons (Fsp3) is 0.769. The summed E-state index contributed by atoms with van der Waals surface area (Å²) in [6.07, 6.45) is 41.1. The van der Waals surface area contributed by atoms with Crippen LogP contribution in [0.15, 0.2) is 42.7 Å². The average Bonchev–Trinajstić information content (AvgIpc) is 3.38. The molecule has 0 N–H and O–H groups in total. The number of hydrogen-bond donors (Lipinski definition) is 0. The second kappa shape index (κ2) is 26.1. The molecule has 0 saturated carbocycles. The molecular formula is C39H69N2+. The number of nitrogens with zero attached hydrogens (tertiary/aromatic N) is 2. The van der Waals surface area contributed by atoms with E-state index in [1.165, 1.54) is 179 Å².